The number of halogens is 4. The van der Waals surface area contributed by atoms with E-state index >= 15 is 0 Å². The quantitative estimate of drug-likeness (QED) is 0.810. The monoisotopic (exact) mass is 355 g/mol. The predicted molar refractivity (Wildman–Crippen MR) is 78.3 cm³/mol. The number of nitrogens with zero attached hydrogens (tertiary/aromatic N) is 1. The molecule has 22 heavy (non-hydrogen) atoms. The van der Waals surface area contributed by atoms with Gasteiger partial charge >= 0.3 is 6.18 Å². The van der Waals surface area contributed by atoms with Crippen molar-refractivity contribution in [2.45, 2.75) is 49.2 Å². The molecule has 0 radical (unpaired) electrons. The van der Waals surface area contributed by atoms with E-state index in [4.69, 9.17) is 11.6 Å². The first-order valence-corrected chi connectivity index (χ1v) is 8.80. The molecule has 0 aliphatic heterocycles. The molecule has 1 saturated carbocycles. The van der Waals surface area contributed by atoms with Crippen LogP contribution in [0.2, 0.25) is 5.02 Å². The van der Waals surface area contributed by atoms with Gasteiger partial charge in [0, 0.05) is 18.1 Å². The largest absolute Gasteiger partial charge is 0.417 e. The average Bonchev–Trinajstić information content (AvgIpc) is 2.46. The summed E-state index contributed by atoms with van der Waals surface area (Å²) in [5.74, 6) is 0. The third-order valence-electron chi connectivity index (χ3n) is 3.99. The maximum absolute atomic E-state index is 13.1. The van der Waals surface area contributed by atoms with Crippen molar-refractivity contribution in [1.82, 2.24) is 4.31 Å². The van der Waals surface area contributed by atoms with Gasteiger partial charge in [0.25, 0.3) is 0 Å². The van der Waals surface area contributed by atoms with Crippen molar-refractivity contribution in [3.8, 4) is 0 Å². The van der Waals surface area contributed by atoms with Gasteiger partial charge in [0.05, 0.1) is 10.5 Å². The van der Waals surface area contributed by atoms with Gasteiger partial charge in [-0.25, -0.2) is 8.42 Å². The first-order valence-electron chi connectivity index (χ1n) is 6.99. The minimum Gasteiger partial charge on any atom is -0.207 e. The molecule has 2 rings (SSSR count). The zero-order valence-corrected chi connectivity index (χ0v) is 13.6. The topological polar surface area (TPSA) is 37.4 Å². The molecule has 0 aromatic heterocycles. The van der Waals surface area contributed by atoms with Crippen LogP contribution < -0.4 is 0 Å². The lowest BCUT2D eigenvalue weighted by Crippen LogP contribution is -2.39. The summed E-state index contributed by atoms with van der Waals surface area (Å²) in [6.07, 6.45) is -0.635. The number of hydrogen-bond donors (Lipinski definition) is 0. The second kappa shape index (κ2) is 6.37. The van der Waals surface area contributed by atoms with Crippen molar-refractivity contribution >= 4 is 21.6 Å². The highest BCUT2D eigenvalue weighted by molar-refractivity contribution is 7.89. The molecule has 0 heterocycles. The molecule has 0 bridgehead atoms. The maximum atomic E-state index is 13.1. The van der Waals surface area contributed by atoms with Crippen molar-refractivity contribution in [3.63, 3.8) is 0 Å². The van der Waals surface area contributed by atoms with E-state index in [0.29, 0.717) is 18.9 Å². The molecular weight excluding hydrogens is 339 g/mol. The van der Waals surface area contributed by atoms with Gasteiger partial charge in [0.2, 0.25) is 10.0 Å². The van der Waals surface area contributed by atoms with Crippen LogP contribution >= 0.6 is 11.6 Å². The van der Waals surface area contributed by atoms with Crippen LogP contribution in [-0.2, 0) is 16.2 Å². The third-order valence-corrected chi connectivity index (χ3v) is 6.20. The Morgan fingerprint density at radius 3 is 2.32 bits per heavy atom. The molecule has 1 fully saturated rings. The van der Waals surface area contributed by atoms with Gasteiger partial charge < -0.3 is 0 Å². The molecule has 0 spiro atoms. The van der Waals surface area contributed by atoms with Crippen molar-refractivity contribution in [2.24, 2.45) is 0 Å². The van der Waals surface area contributed by atoms with Crippen molar-refractivity contribution in [3.05, 3.63) is 28.8 Å². The van der Waals surface area contributed by atoms with Crippen LogP contribution in [0, 0.1) is 0 Å². The molecule has 3 nitrogen and oxygen atoms in total. The van der Waals surface area contributed by atoms with Gasteiger partial charge in [-0.2, -0.15) is 17.5 Å². The molecule has 124 valence electrons. The molecule has 0 atom stereocenters. The van der Waals surface area contributed by atoms with E-state index in [1.807, 2.05) is 0 Å². The van der Waals surface area contributed by atoms with Crippen LogP contribution in [0.4, 0.5) is 13.2 Å². The highest BCUT2D eigenvalue weighted by atomic mass is 35.5. The fraction of sp³-hybridized carbons (Fsp3) is 0.571. The van der Waals surface area contributed by atoms with Gasteiger partial charge in [-0.3, -0.25) is 0 Å². The van der Waals surface area contributed by atoms with Crippen molar-refractivity contribution in [2.75, 3.05) is 7.05 Å². The van der Waals surface area contributed by atoms with E-state index < -0.39 is 26.7 Å². The predicted octanol–water partition coefficient (Wildman–Crippen LogP) is 4.31. The lowest BCUT2D eigenvalue weighted by molar-refractivity contribution is -0.139. The van der Waals surface area contributed by atoms with E-state index in [1.54, 1.807) is 0 Å². The minimum absolute atomic E-state index is 0.147. The summed E-state index contributed by atoms with van der Waals surface area (Å²) < 4.78 is 65.6. The molecule has 1 aromatic carbocycles. The van der Waals surface area contributed by atoms with Crippen LogP contribution in [-0.4, -0.2) is 25.8 Å². The first kappa shape index (κ1) is 17.6. The Morgan fingerprint density at radius 2 is 1.77 bits per heavy atom. The van der Waals surface area contributed by atoms with Crippen LogP contribution in [0.15, 0.2) is 23.1 Å². The fourth-order valence-corrected chi connectivity index (χ4v) is 4.52. The fourth-order valence-electron chi connectivity index (χ4n) is 2.74. The summed E-state index contributed by atoms with van der Waals surface area (Å²) in [5, 5.41) is -0.147. The first-order chi connectivity index (χ1) is 10.1. The molecule has 0 amide bonds. The Labute approximate surface area is 133 Å². The number of alkyl halides is 3. The Hall–Kier alpha value is -0.790. The highest BCUT2D eigenvalue weighted by Crippen LogP contribution is 2.37. The van der Waals surface area contributed by atoms with Gasteiger partial charge in [-0.15, -0.1) is 0 Å². The highest BCUT2D eigenvalue weighted by Gasteiger charge is 2.40. The van der Waals surface area contributed by atoms with Crippen LogP contribution in [0.1, 0.15) is 37.7 Å². The zero-order valence-electron chi connectivity index (χ0n) is 12.0. The maximum Gasteiger partial charge on any atom is 0.417 e. The second-order valence-electron chi connectivity index (χ2n) is 5.45. The Morgan fingerprint density at radius 1 is 1.18 bits per heavy atom. The third kappa shape index (κ3) is 3.58. The standard InChI is InChI=1S/C14H17ClF3NO2S/c1-19(11-5-3-2-4-6-11)22(20,21)13-8-7-10(15)9-12(13)14(16,17)18/h7-9,11H,2-6H2,1H3. The van der Waals surface area contributed by atoms with E-state index in [0.717, 1.165) is 29.6 Å². The molecule has 0 unspecified atom stereocenters. The summed E-state index contributed by atoms with van der Waals surface area (Å²) in [4.78, 5) is -0.738. The van der Waals surface area contributed by atoms with Gasteiger partial charge in [0.15, 0.2) is 0 Å². The van der Waals surface area contributed by atoms with E-state index in [1.165, 1.54) is 13.1 Å². The molecule has 1 aliphatic rings. The molecule has 0 saturated heterocycles. The molecular formula is C14H17ClF3NO2S. The Kier molecular flexibility index (Phi) is 5.09. The van der Waals surface area contributed by atoms with E-state index in [9.17, 15) is 21.6 Å². The molecule has 0 N–H and O–H groups in total. The summed E-state index contributed by atoms with van der Waals surface area (Å²) in [7, 11) is -2.87. The summed E-state index contributed by atoms with van der Waals surface area (Å²) in [6, 6.07) is 2.50. The number of hydrogen-bond acceptors (Lipinski definition) is 2. The van der Waals surface area contributed by atoms with Crippen molar-refractivity contribution < 1.29 is 21.6 Å². The summed E-state index contributed by atoms with van der Waals surface area (Å²) in [6.45, 7) is 0. The Balaban J connectivity index is 2.45. The summed E-state index contributed by atoms with van der Waals surface area (Å²) >= 11 is 5.59. The van der Waals surface area contributed by atoms with Crippen LogP contribution in [0.25, 0.3) is 0 Å². The number of rotatable bonds is 3. The van der Waals surface area contributed by atoms with E-state index in [-0.39, 0.29) is 11.1 Å². The minimum atomic E-state index is -4.78. The Bertz CT molecular complexity index is 640. The zero-order chi connectivity index (χ0) is 16.5. The number of benzene rings is 1. The molecule has 8 heteroatoms. The SMILES string of the molecule is CN(C1CCCCC1)S(=O)(=O)c1ccc(Cl)cc1C(F)(F)F. The van der Waals surface area contributed by atoms with Gasteiger partial charge in [-0.05, 0) is 31.0 Å². The van der Waals surface area contributed by atoms with Crippen LogP contribution in [0.5, 0.6) is 0 Å². The number of sulfonamides is 1. The van der Waals surface area contributed by atoms with Gasteiger partial charge in [-0.1, -0.05) is 30.9 Å². The second-order valence-corrected chi connectivity index (χ2v) is 7.85. The van der Waals surface area contributed by atoms with E-state index in [2.05, 4.69) is 0 Å². The average molecular weight is 356 g/mol. The lowest BCUT2D eigenvalue weighted by atomic mass is 9.96. The van der Waals surface area contributed by atoms with Crippen LogP contribution in [0.3, 0.4) is 0 Å². The lowest BCUT2D eigenvalue weighted by Gasteiger charge is -2.31. The molecule has 1 aliphatic carbocycles. The van der Waals surface area contributed by atoms with Gasteiger partial charge in [0.1, 0.15) is 0 Å². The normalized spacial score (nSPS) is 17.9. The molecule has 1 aromatic rings. The smallest absolute Gasteiger partial charge is 0.207 e. The van der Waals surface area contributed by atoms with Crippen molar-refractivity contribution in [1.29, 1.82) is 0 Å². The summed E-state index contributed by atoms with van der Waals surface area (Å²) in [5.41, 5.74) is -1.22.